The lowest BCUT2D eigenvalue weighted by Gasteiger charge is -2.34. The van der Waals surface area contributed by atoms with Crippen molar-refractivity contribution in [3.8, 4) is 0 Å². The maximum Gasteiger partial charge on any atom is 0.283 e. The van der Waals surface area contributed by atoms with Crippen LogP contribution in [0.15, 0.2) is 10.7 Å². The molecule has 2 aromatic heterocycles. The lowest BCUT2D eigenvalue weighted by atomic mass is 10.2. The van der Waals surface area contributed by atoms with E-state index >= 15 is 0 Å². The SMILES string of the molecule is Cc1nn(C)cc1CN1CCN(C(=O)Cn2nc(C(F)F)c(Br)c2C2CC2)CC1. The molecule has 2 aromatic rings. The van der Waals surface area contributed by atoms with Crippen LogP contribution in [0.1, 0.15) is 47.8 Å². The van der Waals surface area contributed by atoms with E-state index in [2.05, 4.69) is 31.0 Å². The van der Waals surface area contributed by atoms with E-state index in [1.165, 1.54) is 10.2 Å². The summed E-state index contributed by atoms with van der Waals surface area (Å²) in [5.74, 6) is 0.150. The van der Waals surface area contributed by atoms with Gasteiger partial charge in [0, 0.05) is 57.4 Å². The smallest absolute Gasteiger partial charge is 0.283 e. The maximum absolute atomic E-state index is 13.2. The molecule has 1 amide bonds. The lowest BCUT2D eigenvalue weighted by molar-refractivity contribution is -0.133. The van der Waals surface area contributed by atoms with Gasteiger partial charge in [-0.15, -0.1) is 0 Å². The van der Waals surface area contributed by atoms with Crippen LogP contribution in [0.4, 0.5) is 8.78 Å². The van der Waals surface area contributed by atoms with Crippen LogP contribution in [0.5, 0.6) is 0 Å². The summed E-state index contributed by atoms with van der Waals surface area (Å²) in [5, 5.41) is 8.41. The Morgan fingerprint density at radius 3 is 2.48 bits per heavy atom. The van der Waals surface area contributed by atoms with Crippen LogP contribution in [-0.4, -0.2) is 61.4 Å². The molecule has 3 heterocycles. The number of hydrogen-bond acceptors (Lipinski definition) is 4. The summed E-state index contributed by atoms with van der Waals surface area (Å²) in [6.07, 6.45) is 1.28. The van der Waals surface area contributed by atoms with Gasteiger partial charge in [0.05, 0.1) is 15.9 Å². The lowest BCUT2D eigenvalue weighted by Crippen LogP contribution is -2.49. The van der Waals surface area contributed by atoms with Gasteiger partial charge in [-0.25, -0.2) is 8.78 Å². The molecular formula is C19H25BrF2N6O. The third-order valence-electron chi connectivity index (χ3n) is 5.65. The van der Waals surface area contributed by atoms with Gasteiger partial charge in [-0.3, -0.25) is 19.1 Å². The molecule has 29 heavy (non-hydrogen) atoms. The van der Waals surface area contributed by atoms with Gasteiger partial charge >= 0.3 is 0 Å². The summed E-state index contributed by atoms with van der Waals surface area (Å²) in [7, 11) is 1.91. The molecule has 0 unspecified atom stereocenters. The largest absolute Gasteiger partial charge is 0.339 e. The van der Waals surface area contributed by atoms with Crippen molar-refractivity contribution in [2.75, 3.05) is 26.2 Å². The van der Waals surface area contributed by atoms with Gasteiger partial charge in [0.15, 0.2) is 0 Å². The number of rotatable bonds is 6. The molecule has 1 aliphatic carbocycles. The quantitative estimate of drug-likeness (QED) is 0.651. The summed E-state index contributed by atoms with van der Waals surface area (Å²) in [4.78, 5) is 16.9. The predicted octanol–water partition coefficient (Wildman–Crippen LogP) is 2.85. The molecule has 158 valence electrons. The fraction of sp³-hybridized carbons (Fsp3) is 0.632. The Kier molecular flexibility index (Phi) is 5.74. The number of aromatic nitrogens is 4. The minimum atomic E-state index is -2.65. The Morgan fingerprint density at radius 2 is 1.93 bits per heavy atom. The Bertz CT molecular complexity index is 899. The molecule has 10 heteroatoms. The van der Waals surface area contributed by atoms with Crippen LogP contribution in [0.2, 0.25) is 0 Å². The Morgan fingerprint density at radius 1 is 1.24 bits per heavy atom. The zero-order valence-corrected chi connectivity index (χ0v) is 18.2. The molecule has 0 bridgehead atoms. The fourth-order valence-electron chi connectivity index (χ4n) is 3.91. The summed E-state index contributed by atoms with van der Waals surface area (Å²) < 4.78 is 30.1. The first-order valence-corrected chi connectivity index (χ1v) is 10.7. The number of aryl methyl sites for hydroxylation is 2. The molecule has 1 saturated heterocycles. The van der Waals surface area contributed by atoms with Crippen molar-refractivity contribution in [3.63, 3.8) is 0 Å². The highest BCUT2D eigenvalue weighted by atomic mass is 79.9. The first-order chi connectivity index (χ1) is 13.8. The van der Waals surface area contributed by atoms with Crippen LogP contribution in [0, 0.1) is 6.92 Å². The maximum atomic E-state index is 13.2. The number of carbonyl (C=O) groups is 1. The third-order valence-corrected chi connectivity index (χ3v) is 6.46. The molecule has 1 saturated carbocycles. The van der Waals surface area contributed by atoms with Crippen molar-refractivity contribution in [1.82, 2.24) is 29.4 Å². The number of halogens is 3. The predicted molar refractivity (Wildman–Crippen MR) is 107 cm³/mol. The van der Waals surface area contributed by atoms with Gasteiger partial charge in [-0.1, -0.05) is 0 Å². The first kappa shape index (κ1) is 20.5. The number of nitrogens with zero attached hydrogens (tertiary/aromatic N) is 6. The molecule has 0 atom stereocenters. The van der Waals surface area contributed by atoms with Crippen LogP contribution >= 0.6 is 15.9 Å². The number of hydrogen-bond donors (Lipinski definition) is 0. The molecule has 0 radical (unpaired) electrons. The first-order valence-electron chi connectivity index (χ1n) is 9.87. The van der Waals surface area contributed by atoms with Crippen LogP contribution in [0.3, 0.4) is 0 Å². The molecule has 0 aromatic carbocycles. The van der Waals surface area contributed by atoms with Crippen molar-refractivity contribution in [2.45, 2.75) is 45.2 Å². The van der Waals surface area contributed by atoms with Gasteiger partial charge in [-0.2, -0.15) is 10.2 Å². The van der Waals surface area contributed by atoms with Gasteiger partial charge in [0.25, 0.3) is 6.43 Å². The zero-order chi connectivity index (χ0) is 20.7. The number of piperazine rings is 1. The highest BCUT2D eigenvalue weighted by molar-refractivity contribution is 9.10. The average molecular weight is 471 g/mol. The second-order valence-corrected chi connectivity index (χ2v) is 8.68. The summed E-state index contributed by atoms with van der Waals surface area (Å²) in [5.41, 5.74) is 2.69. The highest BCUT2D eigenvalue weighted by Gasteiger charge is 2.34. The van der Waals surface area contributed by atoms with Gasteiger partial charge in [0.2, 0.25) is 5.91 Å². The van der Waals surface area contributed by atoms with E-state index in [-0.39, 0.29) is 24.1 Å². The topological polar surface area (TPSA) is 59.2 Å². The van der Waals surface area contributed by atoms with Crippen molar-refractivity contribution in [2.24, 2.45) is 7.05 Å². The van der Waals surface area contributed by atoms with Gasteiger partial charge in [0.1, 0.15) is 12.2 Å². The van der Waals surface area contributed by atoms with E-state index in [4.69, 9.17) is 0 Å². The van der Waals surface area contributed by atoms with Gasteiger partial charge < -0.3 is 4.90 Å². The van der Waals surface area contributed by atoms with E-state index < -0.39 is 6.43 Å². The molecular weight excluding hydrogens is 446 g/mol. The summed E-state index contributed by atoms with van der Waals surface area (Å²) >= 11 is 3.27. The van der Waals surface area contributed by atoms with Crippen molar-refractivity contribution >= 4 is 21.8 Å². The Hall–Kier alpha value is -1.81. The average Bonchev–Trinajstić information content (AvgIpc) is 3.38. The molecule has 2 fully saturated rings. The monoisotopic (exact) mass is 470 g/mol. The molecule has 1 aliphatic heterocycles. The Labute approximate surface area is 176 Å². The van der Waals surface area contributed by atoms with E-state index in [0.29, 0.717) is 17.6 Å². The number of carbonyl (C=O) groups excluding carboxylic acids is 1. The fourth-order valence-corrected chi connectivity index (χ4v) is 4.69. The third kappa shape index (κ3) is 4.37. The normalized spacial score (nSPS) is 18.1. The second-order valence-electron chi connectivity index (χ2n) is 7.89. The molecule has 0 N–H and O–H groups in total. The highest BCUT2D eigenvalue weighted by Crippen LogP contribution is 2.45. The van der Waals surface area contributed by atoms with Crippen molar-refractivity contribution < 1.29 is 13.6 Å². The van der Waals surface area contributed by atoms with E-state index in [0.717, 1.165) is 43.9 Å². The Balaban J connectivity index is 1.37. The van der Waals surface area contributed by atoms with Gasteiger partial charge in [-0.05, 0) is 35.7 Å². The van der Waals surface area contributed by atoms with E-state index in [1.807, 2.05) is 24.9 Å². The van der Waals surface area contributed by atoms with E-state index in [1.54, 1.807) is 4.90 Å². The van der Waals surface area contributed by atoms with E-state index in [9.17, 15) is 13.6 Å². The van der Waals surface area contributed by atoms with Crippen LogP contribution in [-0.2, 0) is 24.9 Å². The minimum absolute atomic E-state index is 0.0128. The molecule has 2 aliphatic rings. The molecule has 4 rings (SSSR count). The van der Waals surface area contributed by atoms with Crippen LogP contribution in [0.25, 0.3) is 0 Å². The number of amides is 1. The standard InChI is InChI=1S/C19H25BrF2N6O/c1-12-14(9-25(2)23-12)10-26-5-7-27(8-6-26)15(29)11-28-18(13-3-4-13)16(20)17(24-28)19(21)22/h9,13,19H,3-8,10-11H2,1-2H3. The van der Waals surface area contributed by atoms with Crippen molar-refractivity contribution in [3.05, 3.63) is 33.3 Å². The van der Waals surface area contributed by atoms with Crippen molar-refractivity contribution in [1.29, 1.82) is 0 Å². The summed E-state index contributed by atoms with van der Waals surface area (Å²) in [6, 6.07) is 0. The molecule has 0 spiro atoms. The minimum Gasteiger partial charge on any atom is -0.339 e. The van der Waals surface area contributed by atoms with Crippen LogP contribution < -0.4 is 0 Å². The number of alkyl halides is 2. The summed E-state index contributed by atoms with van der Waals surface area (Å²) in [6.45, 7) is 5.64. The second kappa shape index (κ2) is 8.14. The zero-order valence-electron chi connectivity index (χ0n) is 16.6. The molecule has 7 nitrogen and oxygen atoms in total.